The van der Waals surface area contributed by atoms with Gasteiger partial charge in [0.15, 0.2) is 0 Å². The second-order valence-corrected chi connectivity index (χ2v) is 7.13. The number of nitriles is 1. The van der Waals surface area contributed by atoms with Crippen LogP contribution in [0.1, 0.15) is 12.0 Å². The molecule has 29 heavy (non-hydrogen) atoms. The van der Waals surface area contributed by atoms with Gasteiger partial charge in [0.2, 0.25) is 5.91 Å². The smallest absolute Gasteiger partial charge is 0.225 e. The number of ether oxygens (including phenoxy) is 1. The van der Waals surface area contributed by atoms with Gasteiger partial charge in [-0.25, -0.2) is 9.37 Å². The highest BCUT2D eigenvalue weighted by molar-refractivity contribution is 7.99. The van der Waals surface area contributed by atoms with E-state index in [1.807, 2.05) is 24.3 Å². The molecule has 0 unspecified atom stereocenters. The summed E-state index contributed by atoms with van der Waals surface area (Å²) in [7, 11) is 1.61. The summed E-state index contributed by atoms with van der Waals surface area (Å²) in [5, 5.41) is 12.6. The van der Waals surface area contributed by atoms with Gasteiger partial charge < -0.3 is 10.1 Å². The number of rotatable bonds is 7. The van der Waals surface area contributed by atoms with Crippen LogP contribution in [0.4, 0.5) is 10.1 Å². The predicted molar refractivity (Wildman–Crippen MR) is 111 cm³/mol. The van der Waals surface area contributed by atoms with Crippen LogP contribution in [0.25, 0.3) is 11.3 Å². The molecule has 0 aliphatic rings. The Bertz CT molecular complexity index is 1030. The number of benzene rings is 2. The van der Waals surface area contributed by atoms with Gasteiger partial charge >= 0.3 is 0 Å². The van der Waals surface area contributed by atoms with Gasteiger partial charge in [0.25, 0.3) is 0 Å². The van der Waals surface area contributed by atoms with Gasteiger partial charge in [0.1, 0.15) is 22.7 Å². The van der Waals surface area contributed by atoms with Gasteiger partial charge in [-0.2, -0.15) is 5.26 Å². The fraction of sp³-hybridized carbons (Fsp3) is 0.136. The van der Waals surface area contributed by atoms with Gasteiger partial charge in [-0.3, -0.25) is 4.79 Å². The molecule has 1 heterocycles. The molecule has 0 radical (unpaired) electrons. The van der Waals surface area contributed by atoms with Gasteiger partial charge in [-0.15, -0.1) is 11.8 Å². The van der Waals surface area contributed by atoms with Crippen LogP contribution in [0.2, 0.25) is 0 Å². The van der Waals surface area contributed by atoms with Crippen molar-refractivity contribution >= 4 is 23.4 Å². The Kier molecular flexibility index (Phi) is 6.82. The second-order valence-electron chi connectivity index (χ2n) is 6.04. The number of hydrogen-bond acceptors (Lipinski definition) is 5. The van der Waals surface area contributed by atoms with Crippen LogP contribution in [0, 0.1) is 17.1 Å². The summed E-state index contributed by atoms with van der Waals surface area (Å²) in [5.74, 6) is 0.671. The third-order valence-electron chi connectivity index (χ3n) is 4.06. The molecule has 0 saturated heterocycles. The molecule has 146 valence electrons. The summed E-state index contributed by atoms with van der Waals surface area (Å²) in [4.78, 5) is 16.7. The zero-order valence-electron chi connectivity index (χ0n) is 15.7. The van der Waals surface area contributed by atoms with Crippen molar-refractivity contribution in [2.24, 2.45) is 0 Å². The molecular weight excluding hydrogens is 389 g/mol. The average Bonchev–Trinajstić information content (AvgIpc) is 2.75. The van der Waals surface area contributed by atoms with Gasteiger partial charge in [0, 0.05) is 23.4 Å². The van der Waals surface area contributed by atoms with Crippen molar-refractivity contribution in [3.8, 4) is 23.1 Å². The van der Waals surface area contributed by atoms with E-state index < -0.39 is 0 Å². The molecule has 0 aliphatic heterocycles. The van der Waals surface area contributed by atoms with Crippen LogP contribution in [-0.4, -0.2) is 23.8 Å². The summed E-state index contributed by atoms with van der Waals surface area (Å²) in [6.07, 6.45) is 0.237. The number of nitrogens with one attached hydrogen (secondary N) is 1. The monoisotopic (exact) mass is 407 g/mol. The highest BCUT2D eigenvalue weighted by Crippen LogP contribution is 2.27. The molecule has 1 aromatic heterocycles. The molecule has 0 bridgehead atoms. The topological polar surface area (TPSA) is 75.0 Å². The van der Waals surface area contributed by atoms with Crippen LogP contribution < -0.4 is 10.1 Å². The molecule has 3 rings (SSSR count). The molecule has 1 N–H and O–H groups in total. The van der Waals surface area contributed by atoms with E-state index in [1.165, 1.54) is 36.0 Å². The van der Waals surface area contributed by atoms with Crippen molar-refractivity contribution in [1.82, 2.24) is 4.98 Å². The van der Waals surface area contributed by atoms with Crippen LogP contribution >= 0.6 is 11.8 Å². The lowest BCUT2D eigenvalue weighted by atomic mass is 10.1. The number of anilines is 1. The summed E-state index contributed by atoms with van der Waals surface area (Å²) in [6.45, 7) is 0. The quantitative estimate of drug-likeness (QED) is 0.565. The number of carbonyl (C=O) groups is 1. The van der Waals surface area contributed by atoms with Crippen LogP contribution in [0.5, 0.6) is 5.75 Å². The normalized spacial score (nSPS) is 10.2. The minimum atomic E-state index is -0.356. The minimum Gasteiger partial charge on any atom is -0.497 e. The maximum Gasteiger partial charge on any atom is 0.225 e. The summed E-state index contributed by atoms with van der Waals surface area (Å²) < 4.78 is 18.1. The lowest BCUT2D eigenvalue weighted by Crippen LogP contribution is -2.12. The summed E-state index contributed by atoms with van der Waals surface area (Å²) in [5.41, 5.74) is 2.65. The molecule has 1 amide bonds. The number of methoxy groups -OCH3 is 1. The zero-order chi connectivity index (χ0) is 20.6. The second kappa shape index (κ2) is 9.71. The number of amides is 1. The largest absolute Gasteiger partial charge is 0.497 e. The molecule has 0 atom stereocenters. The first kappa shape index (κ1) is 20.4. The lowest BCUT2D eigenvalue weighted by molar-refractivity contribution is -0.115. The van der Waals surface area contributed by atoms with Gasteiger partial charge in [-0.1, -0.05) is 0 Å². The fourth-order valence-electron chi connectivity index (χ4n) is 2.56. The highest BCUT2D eigenvalue weighted by atomic mass is 32.2. The van der Waals surface area contributed by atoms with E-state index in [2.05, 4.69) is 16.4 Å². The summed E-state index contributed by atoms with van der Waals surface area (Å²) >= 11 is 1.35. The molecule has 0 saturated carbocycles. The van der Waals surface area contributed by atoms with Crippen molar-refractivity contribution in [2.45, 2.75) is 11.4 Å². The zero-order valence-corrected chi connectivity index (χ0v) is 16.5. The molecule has 5 nitrogen and oxygen atoms in total. The third kappa shape index (κ3) is 5.56. The maximum atomic E-state index is 12.9. The Morgan fingerprint density at radius 1 is 1.14 bits per heavy atom. The SMILES string of the molecule is COc1ccc(-c2ccc(C#N)c(SCCC(=O)Nc3ccc(F)cc3)n2)cc1. The van der Waals surface area contributed by atoms with E-state index in [-0.39, 0.29) is 18.1 Å². The van der Waals surface area contributed by atoms with Crippen molar-refractivity contribution in [3.05, 3.63) is 72.0 Å². The van der Waals surface area contributed by atoms with Crippen molar-refractivity contribution in [3.63, 3.8) is 0 Å². The number of halogens is 1. The molecule has 2 aromatic carbocycles. The first-order valence-electron chi connectivity index (χ1n) is 8.83. The number of thioether (sulfide) groups is 1. The lowest BCUT2D eigenvalue weighted by Gasteiger charge is -2.08. The molecule has 7 heteroatoms. The molecule has 0 spiro atoms. The number of pyridine rings is 1. The Labute approximate surface area is 172 Å². The van der Waals surface area contributed by atoms with Crippen LogP contribution in [-0.2, 0) is 4.79 Å². The van der Waals surface area contributed by atoms with E-state index in [0.717, 1.165) is 17.0 Å². The van der Waals surface area contributed by atoms with Gasteiger partial charge in [-0.05, 0) is 60.7 Å². The van der Waals surface area contributed by atoms with Crippen molar-refractivity contribution < 1.29 is 13.9 Å². The number of aromatic nitrogens is 1. The van der Waals surface area contributed by atoms with E-state index in [4.69, 9.17) is 4.74 Å². The first-order chi connectivity index (χ1) is 14.1. The highest BCUT2D eigenvalue weighted by Gasteiger charge is 2.10. The van der Waals surface area contributed by atoms with Crippen LogP contribution in [0.3, 0.4) is 0 Å². The van der Waals surface area contributed by atoms with E-state index in [1.54, 1.807) is 19.2 Å². The van der Waals surface area contributed by atoms with Gasteiger partial charge in [0.05, 0.1) is 18.4 Å². The maximum absolute atomic E-state index is 12.9. The predicted octanol–water partition coefficient (Wildman–Crippen LogP) is 4.89. The summed E-state index contributed by atoms with van der Waals surface area (Å²) in [6, 6.07) is 18.8. The first-order valence-corrected chi connectivity index (χ1v) is 9.81. The number of hydrogen-bond donors (Lipinski definition) is 1. The number of nitrogens with zero attached hydrogens (tertiary/aromatic N) is 2. The van der Waals surface area contributed by atoms with E-state index >= 15 is 0 Å². The number of carbonyl (C=O) groups excluding carboxylic acids is 1. The Balaban J connectivity index is 1.63. The molecular formula is C22H18FN3O2S. The Hall–Kier alpha value is -3.37. The van der Waals surface area contributed by atoms with Crippen LogP contribution in [0.15, 0.2) is 65.7 Å². The third-order valence-corrected chi connectivity index (χ3v) is 5.06. The standard InChI is InChI=1S/C22H18FN3O2S/c1-28-19-9-2-15(3-10-19)20-11-4-16(14-24)22(26-20)29-13-12-21(27)25-18-7-5-17(23)6-8-18/h2-11H,12-13H2,1H3,(H,25,27). The van der Waals surface area contributed by atoms with E-state index in [0.29, 0.717) is 22.0 Å². The fourth-order valence-corrected chi connectivity index (χ4v) is 3.47. The molecule has 0 aliphatic carbocycles. The van der Waals surface area contributed by atoms with Crippen molar-refractivity contribution in [2.75, 3.05) is 18.2 Å². The Morgan fingerprint density at radius 3 is 2.52 bits per heavy atom. The van der Waals surface area contributed by atoms with Crippen molar-refractivity contribution in [1.29, 1.82) is 5.26 Å². The Morgan fingerprint density at radius 2 is 1.86 bits per heavy atom. The average molecular weight is 407 g/mol. The minimum absolute atomic E-state index is 0.186. The van der Waals surface area contributed by atoms with E-state index in [9.17, 15) is 14.4 Å². The molecule has 0 fully saturated rings. The molecule has 3 aromatic rings.